The molecule has 0 spiro atoms. The van der Waals surface area contributed by atoms with E-state index in [1.807, 2.05) is 7.05 Å². The highest BCUT2D eigenvalue weighted by molar-refractivity contribution is 9.10. The van der Waals surface area contributed by atoms with E-state index in [4.69, 9.17) is 0 Å². The summed E-state index contributed by atoms with van der Waals surface area (Å²) in [6.45, 7) is 7.58. The monoisotopic (exact) mass is 286 g/mol. The van der Waals surface area contributed by atoms with Crippen molar-refractivity contribution in [3.8, 4) is 0 Å². The summed E-state index contributed by atoms with van der Waals surface area (Å²) in [5.41, 5.74) is 0.332. The van der Waals surface area contributed by atoms with Gasteiger partial charge in [-0.1, -0.05) is 20.8 Å². The topological polar surface area (TPSA) is 49.8 Å². The van der Waals surface area contributed by atoms with Crippen LogP contribution in [0.15, 0.2) is 10.8 Å². The molecule has 5 heteroatoms. The van der Waals surface area contributed by atoms with Gasteiger partial charge >= 0.3 is 0 Å². The Morgan fingerprint density at radius 1 is 1.25 bits per heavy atom. The van der Waals surface area contributed by atoms with Crippen LogP contribution in [0.5, 0.6) is 0 Å². The molecule has 0 saturated carbocycles. The molecule has 0 aliphatic carbocycles. The van der Waals surface area contributed by atoms with Gasteiger partial charge in [-0.25, -0.2) is 9.97 Å². The normalized spacial score (nSPS) is 11.3. The first-order valence-corrected chi connectivity index (χ1v) is 6.15. The van der Waals surface area contributed by atoms with Gasteiger partial charge in [0.2, 0.25) is 0 Å². The van der Waals surface area contributed by atoms with Gasteiger partial charge in [-0.3, -0.25) is 0 Å². The van der Waals surface area contributed by atoms with Crippen LogP contribution < -0.4 is 10.6 Å². The van der Waals surface area contributed by atoms with Gasteiger partial charge in [-0.05, 0) is 27.8 Å². The summed E-state index contributed by atoms with van der Waals surface area (Å²) >= 11 is 3.47. The molecule has 90 valence electrons. The number of halogens is 1. The molecule has 0 saturated heterocycles. The van der Waals surface area contributed by atoms with Crippen LogP contribution in [0.3, 0.4) is 0 Å². The third kappa shape index (κ3) is 3.96. The lowest BCUT2D eigenvalue weighted by molar-refractivity contribution is 0.389. The lowest BCUT2D eigenvalue weighted by Crippen LogP contribution is -2.14. The lowest BCUT2D eigenvalue weighted by Gasteiger charge is -2.18. The lowest BCUT2D eigenvalue weighted by atomic mass is 9.92. The molecule has 0 bridgehead atoms. The van der Waals surface area contributed by atoms with Crippen molar-refractivity contribution in [3.63, 3.8) is 0 Å². The summed E-state index contributed by atoms with van der Waals surface area (Å²) < 4.78 is 0.881. The Bertz CT molecular complexity index is 346. The molecule has 0 radical (unpaired) electrons. The molecule has 0 fully saturated rings. The van der Waals surface area contributed by atoms with E-state index < -0.39 is 0 Å². The second-order valence-electron chi connectivity index (χ2n) is 4.87. The van der Waals surface area contributed by atoms with Gasteiger partial charge in [0.1, 0.15) is 22.4 Å². The third-order valence-corrected chi connectivity index (χ3v) is 2.94. The average molecular weight is 287 g/mol. The number of nitrogens with one attached hydrogen (secondary N) is 2. The Kier molecular flexibility index (Phi) is 4.53. The van der Waals surface area contributed by atoms with Crippen LogP contribution in [0.4, 0.5) is 11.6 Å². The molecular weight excluding hydrogens is 268 g/mol. The van der Waals surface area contributed by atoms with Crippen LogP contribution in [0.25, 0.3) is 0 Å². The first kappa shape index (κ1) is 13.2. The highest BCUT2D eigenvalue weighted by atomic mass is 79.9. The van der Waals surface area contributed by atoms with Crippen LogP contribution in [0.2, 0.25) is 0 Å². The zero-order valence-corrected chi connectivity index (χ0v) is 11.8. The predicted molar refractivity (Wildman–Crippen MR) is 71.8 cm³/mol. The van der Waals surface area contributed by atoms with E-state index in [9.17, 15) is 0 Å². The molecule has 4 nitrogen and oxygen atoms in total. The minimum atomic E-state index is 0.332. The molecule has 0 aromatic carbocycles. The maximum absolute atomic E-state index is 4.20. The Balaban J connectivity index is 2.61. The van der Waals surface area contributed by atoms with Gasteiger partial charge in [-0.2, -0.15) is 0 Å². The number of hydrogen-bond acceptors (Lipinski definition) is 4. The van der Waals surface area contributed by atoms with Crippen molar-refractivity contribution >= 4 is 27.6 Å². The molecule has 0 aliphatic heterocycles. The van der Waals surface area contributed by atoms with Gasteiger partial charge in [0.15, 0.2) is 0 Å². The molecule has 0 atom stereocenters. The number of aromatic nitrogens is 2. The highest BCUT2D eigenvalue weighted by Gasteiger charge is 2.11. The van der Waals surface area contributed by atoms with Crippen molar-refractivity contribution in [2.75, 3.05) is 24.2 Å². The molecule has 0 aliphatic rings. The van der Waals surface area contributed by atoms with Crippen LogP contribution in [0.1, 0.15) is 27.2 Å². The van der Waals surface area contributed by atoms with E-state index in [1.54, 1.807) is 6.33 Å². The SMILES string of the molecule is CNc1ncnc(NCCC(C)(C)C)c1Br. The first-order chi connectivity index (χ1) is 7.44. The van der Waals surface area contributed by atoms with Crippen molar-refractivity contribution in [2.45, 2.75) is 27.2 Å². The maximum atomic E-state index is 4.20. The summed E-state index contributed by atoms with van der Waals surface area (Å²) in [6.07, 6.45) is 2.65. The quantitative estimate of drug-likeness (QED) is 0.893. The molecule has 0 unspecified atom stereocenters. The van der Waals surface area contributed by atoms with Crippen molar-refractivity contribution in [3.05, 3.63) is 10.8 Å². The molecule has 16 heavy (non-hydrogen) atoms. The molecule has 1 aromatic heterocycles. The fourth-order valence-corrected chi connectivity index (χ4v) is 1.77. The highest BCUT2D eigenvalue weighted by Crippen LogP contribution is 2.26. The number of nitrogens with zero attached hydrogens (tertiary/aromatic N) is 2. The van der Waals surface area contributed by atoms with Crippen molar-refractivity contribution in [1.29, 1.82) is 0 Å². The molecule has 0 amide bonds. The fourth-order valence-electron chi connectivity index (χ4n) is 1.22. The first-order valence-electron chi connectivity index (χ1n) is 5.36. The van der Waals surface area contributed by atoms with E-state index in [1.165, 1.54) is 0 Å². The average Bonchev–Trinajstić information content (AvgIpc) is 2.19. The van der Waals surface area contributed by atoms with E-state index in [0.29, 0.717) is 5.41 Å². The van der Waals surface area contributed by atoms with Gasteiger partial charge in [-0.15, -0.1) is 0 Å². The molecule has 2 N–H and O–H groups in total. The molecule has 1 aromatic rings. The second-order valence-corrected chi connectivity index (χ2v) is 5.67. The minimum absolute atomic E-state index is 0.332. The van der Waals surface area contributed by atoms with E-state index in [-0.39, 0.29) is 0 Å². The number of rotatable bonds is 4. The summed E-state index contributed by atoms with van der Waals surface area (Å²) in [7, 11) is 1.84. The minimum Gasteiger partial charge on any atom is -0.372 e. The van der Waals surface area contributed by atoms with Crippen LogP contribution >= 0.6 is 15.9 Å². The van der Waals surface area contributed by atoms with Crippen LogP contribution in [-0.2, 0) is 0 Å². The van der Waals surface area contributed by atoms with E-state index in [2.05, 4.69) is 57.3 Å². The Morgan fingerprint density at radius 2 is 1.88 bits per heavy atom. The fraction of sp³-hybridized carbons (Fsp3) is 0.636. The molecular formula is C11H19BrN4. The Labute approximate surface area is 105 Å². The van der Waals surface area contributed by atoms with Gasteiger partial charge in [0, 0.05) is 13.6 Å². The summed E-state index contributed by atoms with van der Waals surface area (Å²) in [4.78, 5) is 8.30. The zero-order valence-electron chi connectivity index (χ0n) is 10.3. The zero-order chi connectivity index (χ0) is 12.2. The van der Waals surface area contributed by atoms with Crippen molar-refractivity contribution in [1.82, 2.24) is 9.97 Å². The second kappa shape index (κ2) is 5.48. The summed E-state index contributed by atoms with van der Waals surface area (Å²) in [5, 5.41) is 6.31. The predicted octanol–water partition coefficient (Wildman–Crippen LogP) is 3.13. The Morgan fingerprint density at radius 3 is 2.44 bits per heavy atom. The largest absolute Gasteiger partial charge is 0.372 e. The van der Waals surface area contributed by atoms with Gasteiger partial charge < -0.3 is 10.6 Å². The smallest absolute Gasteiger partial charge is 0.145 e. The summed E-state index contributed by atoms with van der Waals surface area (Å²) in [5.74, 6) is 1.64. The molecule has 1 heterocycles. The van der Waals surface area contributed by atoms with Crippen LogP contribution in [0, 0.1) is 5.41 Å². The number of anilines is 2. The van der Waals surface area contributed by atoms with Crippen molar-refractivity contribution in [2.24, 2.45) is 5.41 Å². The van der Waals surface area contributed by atoms with E-state index >= 15 is 0 Å². The van der Waals surface area contributed by atoms with Crippen molar-refractivity contribution < 1.29 is 0 Å². The standard InChI is InChI=1S/C11H19BrN4/c1-11(2,3)5-6-14-10-8(12)9(13-4)15-7-16-10/h7H,5-6H2,1-4H3,(H2,13,14,15,16). The van der Waals surface area contributed by atoms with Gasteiger partial charge in [0.25, 0.3) is 0 Å². The van der Waals surface area contributed by atoms with Crippen LogP contribution in [-0.4, -0.2) is 23.6 Å². The van der Waals surface area contributed by atoms with Gasteiger partial charge in [0.05, 0.1) is 0 Å². The van der Waals surface area contributed by atoms with E-state index in [0.717, 1.165) is 29.1 Å². The maximum Gasteiger partial charge on any atom is 0.145 e. The third-order valence-electron chi connectivity index (χ3n) is 2.19. The molecule has 1 rings (SSSR count). The Hall–Kier alpha value is -0.840. The summed E-state index contributed by atoms with van der Waals surface area (Å²) in [6, 6.07) is 0. The number of hydrogen-bond donors (Lipinski definition) is 2.